The van der Waals surface area contributed by atoms with Gasteiger partial charge in [0.15, 0.2) is 0 Å². The second kappa shape index (κ2) is 5.97. The molecule has 0 N–H and O–H groups in total. The molecule has 2 aromatic rings. The first-order valence-electron chi connectivity index (χ1n) is 7.33. The Hall–Kier alpha value is -2.07. The maximum absolute atomic E-state index is 12.8. The number of carbonyl (C=O) groups excluding carboxylic acids is 1. The Kier molecular flexibility index (Phi) is 4.03. The zero-order chi connectivity index (χ0) is 15.7. The first-order chi connectivity index (χ1) is 10.6. The molecule has 0 saturated carbocycles. The van der Waals surface area contributed by atoms with E-state index in [-0.39, 0.29) is 11.5 Å². The first-order valence-corrected chi connectivity index (χ1v) is 7.71. The summed E-state index contributed by atoms with van der Waals surface area (Å²) < 4.78 is 1.42. The van der Waals surface area contributed by atoms with Gasteiger partial charge >= 0.3 is 0 Å². The quantitative estimate of drug-likeness (QED) is 0.811. The number of halogens is 1. The van der Waals surface area contributed by atoms with Crippen molar-refractivity contribution in [3.8, 4) is 0 Å². The summed E-state index contributed by atoms with van der Waals surface area (Å²) in [6, 6.07) is 8.66. The molecule has 0 radical (unpaired) electrons. The number of pyridine rings is 1. The van der Waals surface area contributed by atoms with Gasteiger partial charge < -0.3 is 9.47 Å². The molecule has 0 fully saturated rings. The summed E-state index contributed by atoms with van der Waals surface area (Å²) in [5.74, 6) is -0.0823. The minimum absolute atomic E-state index is 0.0823. The zero-order valence-electron chi connectivity index (χ0n) is 12.4. The average molecular weight is 317 g/mol. The highest BCUT2D eigenvalue weighted by Crippen LogP contribution is 2.30. The van der Waals surface area contributed by atoms with Crippen molar-refractivity contribution in [2.45, 2.75) is 19.3 Å². The van der Waals surface area contributed by atoms with Crippen LogP contribution in [0.3, 0.4) is 0 Å². The summed E-state index contributed by atoms with van der Waals surface area (Å²) in [6.07, 6.45) is 4.49. The topological polar surface area (TPSA) is 42.3 Å². The third kappa shape index (κ3) is 2.79. The van der Waals surface area contributed by atoms with Crippen LogP contribution in [-0.4, -0.2) is 17.0 Å². The normalized spacial score (nSPS) is 14.4. The van der Waals surface area contributed by atoms with E-state index < -0.39 is 0 Å². The van der Waals surface area contributed by atoms with Gasteiger partial charge in [0.25, 0.3) is 5.91 Å². The van der Waals surface area contributed by atoms with Crippen molar-refractivity contribution < 1.29 is 4.79 Å². The van der Waals surface area contributed by atoms with Crippen LogP contribution in [0, 0.1) is 0 Å². The van der Waals surface area contributed by atoms with Gasteiger partial charge in [-0.1, -0.05) is 11.6 Å². The lowest BCUT2D eigenvalue weighted by molar-refractivity contribution is 0.0986. The molecule has 2 heterocycles. The lowest BCUT2D eigenvalue weighted by Gasteiger charge is -2.23. The number of hydrogen-bond acceptors (Lipinski definition) is 2. The second-order valence-corrected chi connectivity index (χ2v) is 5.99. The van der Waals surface area contributed by atoms with Crippen LogP contribution in [0.4, 0.5) is 5.69 Å². The summed E-state index contributed by atoms with van der Waals surface area (Å²) in [5, 5.41) is 0.690. The number of aromatic nitrogens is 1. The number of fused-ring (bicyclic) bond motifs is 1. The van der Waals surface area contributed by atoms with E-state index in [9.17, 15) is 9.59 Å². The van der Waals surface area contributed by atoms with Crippen molar-refractivity contribution in [1.29, 1.82) is 0 Å². The molecule has 0 aliphatic carbocycles. The molecular weight excluding hydrogens is 300 g/mol. The molecule has 1 amide bonds. The van der Waals surface area contributed by atoms with Crippen molar-refractivity contribution in [2.24, 2.45) is 7.05 Å². The number of rotatable bonds is 1. The van der Waals surface area contributed by atoms with E-state index in [0.29, 0.717) is 17.1 Å². The van der Waals surface area contributed by atoms with Crippen LogP contribution in [0.15, 0.2) is 41.3 Å². The maximum atomic E-state index is 12.8. The molecule has 4 nitrogen and oxygen atoms in total. The van der Waals surface area contributed by atoms with Crippen LogP contribution in [0.5, 0.6) is 0 Å². The van der Waals surface area contributed by atoms with E-state index >= 15 is 0 Å². The molecule has 1 aromatic carbocycles. The maximum Gasteiger partial charge on any atom is 0.259 e. The smallest absolute Gasteiger partial charge is 0.259 e. The number of carbonyl (C=O) groups is 1. The van der Waals surface area contributed by atoms with Crippen molar-refractivity contribution in [3.05, 3.63) is 63.0 Å². The van der Waals surface area contributed by atoms with Crippen LogP contribution in [-0.2, 0) is 13.5 Å². The molecule has 0 bridgehead atoms. The third-order valence-electron chi connectivity index (χ3n) is 3.99. The van der Waals surface area contributed by atoms with Gasteiger partial charge in [-0.25, -0.2) is 0 Å². The van der Waals surface area contributed by atoms with Gasteiger partial charge in [-0.05, 0) is 49.1 Å². The second-order valence-electron chi connectivity index (χ2n) is 5.55. The lowest BCUT2D eigenvalue weighted by Crippen LogP contribution is -2.32. The largest absolute Gasteiger partial charge is 0.318 e. The van der Waals surface area contributed by atoms with Gasteiger partial charge in [-0.2, -0.15) is 0 Å². The predicted molar refractivity (Wildman–Crippen MR) is 87.7 cm³/mol. The van der Waals surface area contributed by atoms with Crippen molar-refractivity contribution in [3.63, 3.8) is 0 Å². The van der Waals surface area contributed by atoms with Crippen LogP contribution in [0.2, 0.25) is 5.02 Å². The summed E-state index contributed by atoms with van der Waals surface area (Å²) in [4.78, 5) is 26.1. The summed E-state index contributed by atoms with van der Waals surface area (Å²) in [5.41, 5.74) is 2.41. The van der Waals surface area contributed by atoms with Gasteiger partial charge in [0.05, 0.1) is 5.56 Å². The number of nitrogens with zero attached hydrogens (tertiary/aromatic N) is 2. The van der Waals surface area contributed by atoms with Crippen molar-refractivity contribution >= 4 is 23.2 Å². The van der Waals surface area contributed by atoms with Gasteiger partial charge in [0, 0.05) is 36.6 Å². The van der Waals surface area contributed by atoms with E-state index in [0.717, 1.165) is 30.5 Å². The van der Waals surface area contributed by atoms with Crippen LogP contribution < -0.4 is 10.5 Å². The zero-order valence-corrected chi connectivity index (χ0v) is 13.1. The van der Waals surface area contributed by atoms with Crippen molar-refractivity contribution in [2.75, 3.05) is 11.4 Å². The minimum Gasteiger partial charge on any atom is -0.318 e. The predicted octanol–water partition coefficient (Wildman–Crippen LogP) is 3.02. The fourth-order valence-electron chi connectivity index (χ4n) is 2.81. The molecule has 1 aliphatic rings. The monoisotopic (exact) mass is 316 g/mol. The van der Waals surface area contributed by atoms with E-state index in [2.05, 4.69) is 0 Å². The summed E-state index contributed by atoms with van der Waals surface area (Å²) >= 11 is 6.07. The fourth-order valence-corrected chi connectivity index (χ4v) is 3.01. The molecule has 0 saturated heterocycles. The fraction of sp³-hybridized carbons (Fsp3) is 0.294. The Morgan fingerprint density at radius 1 is 1.18 bits per heavy atom. The van der Waals surface area contributed by atoms with E-state index in [4.69, 9.17) is 11.6 Å². The Morgan fingerprint density at radius 2 is 2.00 bits per heavy atom. The molecule has 3 rings (SSSR count). The Balaban J connectivity index is 2.02. The highest BCUT2D eigenvalue weighted by atomic mass is 35.5. The van der Waals surface area contributed by atoms with Gasteiger partial charge in [-0.3, -0.25) is 9.59 Å². The molecule has 1 aliphatic heterocycles. The molecule has 22 heavy (non-hydrogen) atoms. The van der Waals surface area contributed by atoms with Gasteiger partial charge in [0.1, 0.15) is 0 Å². The van der Waals surface area contributed by atoms with E-state index in [1.54, 1.807) is 24.2 Å². The standard InChI is InChI=1S/C17H17ClN2O2/c1-19-11-13(5-8-16(19)21)17(22)20-9-3-2-4-12-10-14(18)6-7-15(12)20/h5-8,10-11H,2-4,9H2,1H3. The SMILES string of the molecule is Cn1cc(C(=O)N2CCCCc3cc(Cl)ccc32)ccc1=O. The molecule has 0 atom stereocenters. The van der Waals surface area contributed by atoms with Crippen LogP contribution >= 0.6 is 11.6 Å². The van der Waals surface area contributed by atoms with Crippen LogP contribution in [0.1, 0.15) is 28.8 Å². The Morgan fingerprint density at radius 3 is 2.77 bits per heavy atom. The number of amides is 1. The molecule has 0 spiro atoms. The number of benzene rings is 1. The third-order valence-corrected chi connectivity index (χ3v) is 4.22. The van der Waals surface area contributed by atoms with Crippen molar-refractivity contribution in [1.82, 2.24) is 4.57 Å². The van der Waals surface area contributed by atoms with Gasteiger partial charge in [-0.15, -0.1) is 0 Å². The van der Waals surface area contributed by atoms with Crippen LogP contribution in [0.25, 0.3) is 0 Å². The first kappa shape index (κ1) is 14.9. The number of anilines is 1. The number of hydrogen-bond donors (Lipinski definition) is 0. The molecule has 1 aromatic heterocycles. The minimum atomic E-state index is -0.125. The molecular formula is C17H17ClN2O2. The van der Waals surface area contributed by atoms with E-state index in [1.807, 2.05) is 18.2 Å². The molecule has 0 unspecified atom stereocenters. The molecule has 5 heteroatoms. The van der Waals surface area contributed by atoms with Gasteiger partial charge in [0.2, 0.25) is 5.56 Å². The highest BCUT2D eigenvalue weighted by molar-refractivity contribution is 6.30. The Labute approximate surface area is 133 Å². The summed E-state index contributed by atoms with van der Waals surface area (Å²) in [6.45, 7) is 0.677. The van der Waals surface area contributed by atoms with E-state index in [1.165, 1.54) is 10.6 Å². The Bertz CT molecular complexity index is 782. The number of aryl methyl sites for hydroxylation is 2. The average Bonchev–Trinajstić information content (AvgIpc) is 2.71. The summed E-state index contributed by atoms with van der Waals surface area (Å²) in [7, 11) is 1.65. The lowest BCUT2D eigenvalue weighted by atomic mass is 10.1. The highest BCUT2D eigenvalue weighted by Gasteiger charge is 2.22. The molecule has 114 valence electrons.